The molecule has 0 radical (unpaired) electrons. The van der Waals surface area contributed by atoms with E-state index >= 15 is 0 Å². The monoisotopic (exact) mass is 270 g/mol. The summed E-state index contributed by atoms with van der Waals surface area (Å²) in [5.41, 5.74) is 0.886. The average molecular weight is 271 g/mol. The Bertz CT molecular complexity index is 363. The van der Waals surface area contributed by atoms with E-state index in [4.69, 9.17) is 4.74 Å². The quantitative estimate of drug-likeness (QED) is 0.480. The Morgan fingerprint density at radius 3 is 2.80 bits per heavy atom. The molecule has 80 valence electrons. The van der Waals surface area contributed by atoms with Gasteiger partial charge in [-0.15, -0.1) is 0 Å². The van der Waals surface area contributed by atoms with E-state index < -0.39 is 5.97 Å². The summed E-state index contributed by atoms with van der Waals surface area (Å²) in [6, 6.07) is 7.49. The van der Waals surface area contributed by atoms with E-state index in [2.05, 4.69) is 15.9 Å². The lowest BCUT2D eigenvalue weighted by Crippen LogP contribution is -2.09. The van der Waals surface area contributed by atoms with Gasteiger partial charge in [0.2, 0.25) is 0 Å². The van der Waals surface area contributed by atoms with Crippen LogP contribution in [0.25, 0.3) is 0 Å². The van der Waals surface area contributed by atoms with Gasteiger partial charge in [0.25, 0.3) is 0 Å². The minimum Gasteiger partial charge on any atom is -0.457 e. The molecule has 0 aliphatic rings. The first kappa shape index (κ1) is 11.9. The number of carbonyl (C=O) groups is 2. The minimum absolute atomic E-state index is 0.200. The Morgan fingerprint density at radius 2 is 2.20 bits per heavy atom. The Balaban J connectivity index is 2.69. The summed E-state index contributed by atoms with van der Waals surface area (Å²) in [6.07, 6.45) is -0.0165. The van der Waals surface area contributed by atoms with E-state index in [9.17, 15) is 9.59 Å². The minimum atomic E-state index is -0.506. The molecule has 0 fully saturated rings. The number of halogens is 1. The molecule has 0 spiro atoms. The van der Waals surface area contributed by atoms with Gasteiger partial charge in [-0.2, -0.15) is 0 Å². The number of ether oxygens (including phenoxy) is 1. The lowest BCUT2D eigenvalue weighted by molar-refractivity contribution is -0.149. The van der Waals surface area contributed by atoms with Crippen molar-refractivity contribution < 1.29 is 14.3 Å². The number of benzene rings is 1. The van der Waals surface area contributed by atoms with Gasteiger partial charge in [-0.1, -0.05) is 34.1 Å². The number of esters is 1. The van der Waals surface area contributed by atoms with E-state index in [0.29, 0.717) is 6.29 Å². The normalized spacial score (nSPS) is 11.9. The van der Waals surface area contributed by atoms with Crippen LogP contribution in [0.15, 0.2) is 28.7 Å². The molecule has 0 aromatic heterocycles. The molecule has 0 N–H and O–H groups in total. The van der Waals surface area contributed by atoms with Crippen LogP contribution in [-0.2, 0) is 14.3 Å². The zero-order valence-corrected chi connectivity index (χ0v) is 9.86. The molecule has 0 aliphatic heterocycles. The fraction of sp³-hybridized carbons (Fsp3) is 0.273. The van der Waals surface area contributed by atoms with Crippen molar-refractivity contribution >= 4 is 28.2 Å². The summed E-state index contributed by atoms with van der Waals surface area (Å²) >= 11 is 3.36. The summed E-state index contributed by atoms with van der Waals surface area (Å²) in [7, 11) is 0. The molecule has 4 heteroatoms. The highest BCUT2D eigenvalue weighted by atomic mass is 79.9. The Labute approximate surface area is 96.6 Å². The molecule has 0 heterocycles. The van der Waals surface area contributed by atoms with Gasteiger partial charge in [-0.05, 0) is 13.0 Å². The molecule has 1 aromatic rings. The summed E-state index contributed by atoms with van der Waals surface area (Å²) in [6.45, 7) is 1.77. The van der Waals surface area contributed by atoms with Gasteiger partial charge in [-0.3, -0.25) is 4.79 Å². The van der Waals surface area contributed by atoms with Crippen LogP contribution >= 0.6 is 15.9 Å². The molecule has 0 saturated heterocycles. The molecule has 1 aromatic carbocycles. The van der Waals surface area contributed by atoms with Crippen LogP contribution in [0.3, 0.4) is 0 Å². The van der Waals surface area contributed by atoms with Gasteiger partial charge < -0.3 is 9.53 Å². The smallest absolute Gasteiger partial charge is 0.313 e. The molecule has 3 nitrogen and oxygen atoms in total. The molecule has 0 amide bonds. The number of aldehydes is 1. The number of carbonyl (C=O) groups excluding carboxylic acids is 2. The maximum atomic E-state index is 11.1. The van der Waals surface area contributed by atoms with Gasteiger partial charge in [0.05, 0.1) is 0 Å². The van der Waals surface area contributed by atoms with Gasteiger partial charge in [-0.25, -0.2) is 0 Å². The maximum absolute atomic E-state index is 11.1. The van der Waals surface area contributed by atoms with Crippen LogP contribution in [0.5, 0.6) is 0 Å². The molecule has 1 rings (SSSR count). The third kappa shape index (κ3) is 3.47. The largest absolute Gasteiger partial charge is 0.457 e. The first-order valence-corrected chi connectivity index (χ1v) is 5.32. The van der Waals surface area contributed by atoms with E-state index in [1.54, 1.807) is 6.92 Å². The van der Waals surface area contributed by atoms with E-state index in [1.807, 2.05) is 24.3 Å². The Hall–Kier alpha value is -1.16. The van der Waals surface area contributed by atoms with Crippen LogP contribution < -0.4 is 0 Å². The lowest BCUT2D eigenvalue weighted by Gasteiger charge is -2.14. The first-order chi connectivity index (χ1) is 7.15. The topological polar surface area (TPSA) is 43.4 Å². The Morgan fingerprint density at radius 1 is 1.53 bits per heavy atom. The zero-order valence-electron chi connectivity index (χ0n) is 8.27. The van der Waals surface area contributed by atoms with Crippen LogP contribution in [0.4, 0.5) is 0 Å². The highest BCUT2D eigenvalue weighted by molar-refractivity contribution is 9.10. The molecular formula is C11H11BrO3. The summed E-state index contributed by atoms with van der Waals surface area (Å²) in [5, 5.41) is 0. The van der Waals surface area contributed by atoms with E-state index in [-0.39, 0.29) is 12.5 Å². The van der Waals surface area contributed by atoms with Crippen LogP contribution in [-0.4, -0.2) is 12.3 Å². The van der Waals surface area contributed by atoms with Crippen molar-refractivity contribution in [3.63, 3.8) is 0 Å². The summed E-state index contributed by atoms with van der Waals surface area (Å²) < 4.78 is 5.94. The summed E-state index contributed by atoms with van der Waals surface area (Å²) in [5.74, 6) is -0.506. The van der Waals surface area contributed by atoms with Crippen molar-refractivity contribution in [1.29, 1.82) is 0 Å². The second-order valence-corrected chi connectivity index (χ2v) is 3.88. The zero-order chi connectivity index (χ0) is 11.3. The highest BCUT2D eigenvalue weighted by Gasteiger charge is 2.13. The predicted molar refractivity (Wildman–Crippen MR) is 59.3 cm³/mol. The highest BCUT2D eigenvalue weighted by Crippen LogP contribution is 2.25. The average Bonchev–Trinajstić information content (AvgIpc) is 2.18. The van der Waals surface area contributed by atoms with Crippen LogP contribution in [0, 0.1) is 0 Å². The maximum Gasteiger partial charge on any atom is 0.313 e. The van der Waals surface area contributed by atoms with Gasteiger partial charge in [0, 0.05) is 10.0 Å². The van der Waals surface area contributed by atoms with Gasteiger partial charge in [0.1, 0.15) is 18.8 Å². The predicted octanol–water partition coefficient (Wildman–Crippen LogP) is 2.64. The molecule has 15 heavy (non-hydrogen) atoms. The SMILES string of the molecule is CC(OC(=O)CC=O)c1ccccc1Br. The second-order valence-electron chi connectivity index (χ2n) is 3.02. The van der Waals surface area contributed by atoms with Crippen LogP contribution in [0.1, 0.15) is 25.0 Å². The lowest BCUT2D eigenvalue weighted by atomic mass is 10.1. The number of rotatable bonds is 4. The van der Waals surface area contributed by atoms with E-state index in [1.165, 1.54) is 0 Å². The summed E-state index contributed by atoms with van der Waals surface area (Å²) in [4.78, 5) is 21.2. The van der Waals surface area contributed by atoms with E-state index in [0.717, 1.165) is 10.0 Å². The first-order valence-electron chi connectivity index (χ1n) is 4.52. The standard InChI is InChI=1S/C11H11BrO3/c1-8(15-11(14)6-7-13)9-4-2-3-5-10(9)12/h2-5,7-8H,6H2,1H3. The number of hydrogen-bond acceptors (Lipinski definition) is 3. The fourth-order valence-electron chi connectivity index (χ4n) is 1.18. The fourth-order valence-corrected chi connectivity index (χ4v) is 1.79. The van der Waals surface area contributed by atoms with Crippen molar-refractivity contribution in [2.75, 3.05) is 0 Å². The molecule has 1 atom stereocenters. The second kappa shape index (κ2) is 5.66. The van der Waals surface area contributed by atoms with Gasteiger partial charge >= 0.3 is 5.97 Å². The molecule has 0 saturated carbocycles. The van der Waals surface area contributed by atoms with Crippen LogP contribution in [0.2, 0.25) is 0 Å². The Kier molecular flexibility index (Phi) is 4.49. The van der Waals surface area contributed by atoms with Crippen molar-refractivity contribution in [2.24, 2.45) is 0 Å². The molecule has 0 aliphatic carbocycles. The van der Waals surface area contributed by atoms with Crippen molar-refractivity contribution in [3.05, 3.63) is 34.3 Å². The molecule has 0 bridgehead atoms. The van der Waals surface area contributed by atoms with Gasteiger partial charge in [0.15, 0.2) is 0 Å². The third-order valence-corrected chi connectivity index (χ3v) is 2.62. The molecular weight excluding hydrogens is 260 g/mol. The van der Waals surface area contributed by atoms with Crippen molar-refractivity contribution in [2.45, 2.75) is 19.4 Å². The molecule has 1 unspecified atom stereocenters. The van der Waals surface area contributed by atoms with Crippen molar-refractivity contribution in [1.82, 2.24) is 0 Å². The number of hydrogen-bond donors (Lipinski definition) is 0. The van der Waals surface area contributed by atoms with Crippen molar-refractivity contribution in [3.8, 4) is 0 Å². The third-order valence-electron chi connectivity index (χ3n) is 1.90.